The van der Waals surface area contributed by atoms with Gasteiger partial charge in [-0.05, 0) is 18.8 Å². The molecule has 0 fully saturated rings. The molecule has 0 aliphatic rings. The van der Waals surface area contributed by atoms with E-state index in [1.54, 1.807) is 0 Å². The highest BCUT2D eigenvalue weighted by atomic mass is 35.5. The Hall–Kier alpha value is 3.98. The van der Waals surface area contributed by atoms with Gasteiger partial charge < -0.3 is 9.47 Å². The van der Waals surface area contributed by atoms with Crippen molar-refractivity contribution in [2.45, 2.75) is 129 Å². The largest absolute Gasteiger partial charge is 0.376 e. The van der Waals surface area contributed by atoms with Crippen LogP contribution in [0.4, 0.5) is 0 Å². The van der Waals surface area contributed by atoms with Crippen LogP contribution in [0.25, 0.3) is 0 Å². The molecule has 0 spiro atoms. The van der Waals surface area contributed by atoms with Crippen LogP contribution >= 0.6 is 162 Å². The van der Waals surface area contributed by atoms with E-state index in [-0.39, 0.29) is 18.6 Å². The van der Waals surface area contributed by atoms with E-state index >= 15 is 0 Å². The zero-order valence-electron chi connectivity index (χ0n) is 22.9. The van der Waals surface area contributed by atoms with Gasteiger partial charge >= 0.3 is 0 Å². The van der Waals surface area contributed by atoms with Gasteiger partial charge in [0.05, 0.1) is 82.6 Å². The standard InChI is InChI=1S/C25H38Cl14O2/c1-5-7-8-40-11(6-2)9-41-25(39)24(38)23(37)22(36)21(35)20(34)19(33)18(32)17(31)16(30)15(29)14(28)13(27)12(26)10(3)4/h10-25H,5-9H2,1-4H3. The molecule has 0 N–H and O–H groups in total. The molecular weight excluding hydrogens is 829 g/mol. The topological polar surface area (TPSA) is 18.5 Å². The fraction of sp³-hybridized carbons (Fsp3) is 1.00. The van der Waals surface area contributed by atoms with Gasteiger partial charge in [0.1, 0.15) is 5.56 Å². The number of hydrogen-bond acceptors (Lipinski definition) is 2. The Morgan fingerprint density at radius 3 is 1.05 bits per heavy atom. The number of hydrogen-bond donors (Lipinski definition) is 0. The lowest BCUT2D eigenvalue weighted by Gasteiger charge is -2.35. The van der Waals surface area contributed by atoms with Gasteiger partial charge in [0.25, 0.3) is 0 Å². The van der Waals surface area contributed by atoms with E-state index in [2.05, 4.69) is 6.92 Å². The highest BCUT2D eigenvalue weighted by molar-refractivity contribution is 6.45. The van der Waals surface area contributed by atoms with E-state index < -0.39 is 75.5 Å². The average molecular weight is 867 g/mol. The predicted octanol–water partition coefficient (Wildman–Crippen LogP) is 11.7. The zero-order valence-corrected chi connectivity index (χ0v) is 33.5. The molecule has 0 aliphatic carbocycles. The molecule has 0 aromatic heterocycles. The third-order valence-electron chi connectivity index (χ3n) is 6.29. The monoisotopic (exact) mass is 860 g/mol. The summed E-state index contributed by atoms with van der Waals surface area (Å²) >= 11 is 91.2. The van der Waals surface area contributed by atoms with Crippen molar-refractivity contribution in [1.82, 2.24) is 0 Å². The van der Waals surface area contributed by atoms with Crippen LogP contribution in [0.15, 0.2) is 0 Å². The van der Waals surface area contributed by atoms with E-state index in [9.17, 15) is 0 Å². The van der Waals surface area contributed by atoms with Gasteiger partial charge in [-0.2, -0.15) is 0 Å². The van der Waals surface area contributed by atoms with Gasteiger partial charge in [0.2, 0.25) is 0 Å². The Balaban J connectivity index is 5.17. The summed E-state index contributed by atoms with van der Waals surface area (Å²) in [5, 5.41) is -11.7. The predicted molar refractivity (Wildman–Crippen MR) is 191 cm³/mol. The Bertz CT molecular complexity index is 682. The van der Waals surface area contributed by atoms with Crippen molar-refractivity contribution in [2.24, 2.45) is 5.92 Å². The Kier molecular flexibility index (Phi) is 25.6. The fourth-order valence-electron chi connectivity index (χ4n) is 3.41. The number of rotatable bonds is 22. The third kappa shape index (κ3) is 15.0. The molecule has 0 radical (unpaired) electrons. The number of ether oxygens (including phenoxy) is 2. The maximum absolute atomic E-state index is 6.58. The summed E-state index contributed by atoms with van der Waals surface area (Å²) in [7, 11) is 0. The van der Waals surface area contributed by atoms with Crippen molar-refractivity contribution in [3.63, 3.8) is 0 Å². The van der Waals surface area contributed by atoms with E-state index in [0.717, 1.165) is 19.3 Å². The Morgan fingerprint density at radius 1 is 0.439 bits per heavy atom. The van der Waals surface area contributed by atoms with Gasteiger partial charge in [0, 0.05) is 6.61 Å². The van der Waals surface area contributed by atoms with Crippen molar-refractivity contribution in [2.75, 3.05) is 13.2 Å². The lowest BCUT2D eigenvalue weighted by Crippen LogP contribution is -2.49. The molecule has 0 aromatic rings. The molecule has 0 saturated carbocycles. The molecule has 41 heavy (non-hydrogen) atoms. The van der Waals surface area contributed by atoms with Gasteiger partial charge in [0.15, 0.2) is 0 Å². The second kappa shape index (κ2) is 23.4. The van der Waals surface area contributed by atoms with Crippen molar-refractivity contribution < 1.29 is 9.47 Å². The molecule has 0 bridgehead atoms. The van der Waals surface area contributed by atoms with Crippen LogP contribution in [-0.2, 0) is 9.47 Å². The van der Waals surface area contributed by atoms with E-state index in [4.69, 9.17) is 172 Å². The minimum atomic E-state index is -1.02. The van der Waals surface area contributed by atoms with Crippen molar-refractivity contribution >= 4 is 162 Å². The molecular formula is C25H38Cl14O2. The summed E-state index contributed by atoms with van der Waals surface area (Å²) in [5.41, 5.74) is -0.975. The lowest BCUT2D eigenvalue weighted by atomic mass is 9.99. The third-order valence-corrected chi connectivity index (χ3v) is 15.6. The van der Waals surface area contributed by atoms with Crippen molar-refractivity contribution in [3.8, 4) is 0 Å². The summed E-state index contributed by atoms with van der Waals surface area (Å²) in [6.45, 7) is 8.77. The lowest BCUT2D eigenvalue weighted by molar-refractivity contribution is -0.0279. The SMILES string of the molecule is CCCCOC(CC)COC(Cl)C(Cl)C(Cl)C(Cl)C(Cl)C(Cl)C(Cl)C(Cl)C(Cl)C(Cl)C(Cl)C(Cl)C(Cl)C(Cl)C(C)C. The molecule has 0 amide bonds. The summed E-state index contributed by atoms with van der Waals surface area (Å²) < 4.78 is 11.5. The van der Waals surface area contributed by atoms with Gasteiger partial charge in [-0.3, -0.25) is 0 Å². The minimum absolute atomic E-state index is 0.0517. The molecule has 248 valence electrons. The first-order chi connectivity index (χ1) is 19.0. The van der Waals surface area contributed by atoms with Crippen LogP contribution in [0.3, 0.4) is 0 Å². The molecule has 2 nitrogen and oxygen atoms in total. The second-order valence-corrected chi connectivity index (χ2v) is 16.9. The summed E-state index contributed by atoms with van der Waals surface area (Å²) in [6, 6.07) is 0. The van der Waals surface area contributed by atoms with Gasteiger partial charge in [-0.25, -0.2) is 0 Å². The number of alkyl halides is 14. The van der Waals surface area contributed by atoms with E-state index in [1.165, 1.54) is 0 Å². The normalized spacial score (nSPS) is 23.8. The van der Waals surface area contributed by atoms with Crippen LogP contribution in [-0.4, -0.2) is 94.8 Å². The molecule has 0 saturated heterocycles. The van der Waals surface area contributed by atoms with Crippen molar-refractivity contribution in [3.05, 3.63) is 0 Å². The van der Waals surface area contributed by atoms with Gasteiger partial charge in [-0.1, -0.05) is 45.7 Å². The number of halogens is 14. The summed E-state index contributed by atoms with van der Waals surface area (Å²) in [6.07, 6.45) is 2.60. The molecule has 15 unspecified atom stereocenters. The Morgan fingerprint density at radius 2 is 0.756 bits per heavy atom. The van der Waals surface area contributed by atoms with Crippen LogP contribution < -0.4 is 0 Å². The molecule has 0 rings (SSSR count). The maximum Gasteiger partial charge on any atom is 0.149 e. The van der Waals surface area contributed by atoms with Crippen LogP contribution in [0.2, 0.25) is 0 Å². The Labute approximate surface area is 316 Å². The highest BCUT2D eigenvalue weighted by Gasteiger charge is 2.45. The summed E-state index contributed by atoms with van der Waals surface area (Å²) in [4.78, 5) is 0. The quantitative estimate of drug-likeness (QED) is 0.0797. The maximum atomic E-state index is 6.58. The van der Waals surface area contributed by atoms with Crippen molar-refractivity contribution in [1.29, 1.82) is 0 Å². The molecule has 16 heteroatoms. The molecule has 15 atom stereocenters. The summed E-state index contributed by atoms with van der Waals surface area (Å²) in [5.74, 6) is 0.0517. The smallest absolute Gasteiger partial charge is 0.149 e. The average Bonchev–Trinajstić information content (AvgIpc) is 2.97. The van der Waals surface area contributed by atoms with Crippen LogP contribution in [0, 0.1) is 5.92 Å². The highest BCUT2D eigenvalue weighted by Crippen LogP contribution is 2.39. The molecule has 0 heterocycles. The van der Waals surface area contributed by atoms with E-state index in [1.807, 2.05) is 20.8 Å². The second-order valence-electron chi connectivity index (χ2n) is 9.96. The van der Waals surface area contributed by atoms with E-state index in [0.29, 0.717) is 6.61 Å². The fourth-order valence-corrected chi connectivity index (χ4v) is 8.48. The van der Waals surface area contributed by atoms with Crippen LogP contribution in [0.5, 0.6) is 0 Å². The molecule has 0 aliphatic heterocycles. The van der Waals surface area contributed by atoms with Gasteiger partial charge in [-0.15, -0.1) is 151 Å². The molecule has 0 aromatic carbocycles. The first-order valence-corrected chi connectivity index (χ1v) is 19.3. The first kappa shape index (κ1) is 45.0. The first-order valence-electron chi connectivity index (χ1n) is 13.2. The number of unbranched alkanes of at least 4 members (excludes halogenated alkanes) is 1. The minimum Gasteiger partial charge on any atom is -0.376 e. The van der Waals surface area contributed by atoms with Crippen LogP contribution in [0.1, 0.15) is 47.0 Å². The zero-order chi connectivity index (χ0) is 32.2.